The first kappa shape index (κ1) is 12.0. The molecule has 0 saturated carbocycles. The molecule has 0 fully saturated rings. The van der Waals surface area contributed by atoms with Crippen molar-refractivity contribution in [3.8, 4) is 0 Å². The number of fused-ring (bicyclic) bond motifs is 1. The molecule has 100 valence electrons. The third-order valence-electron chi connectivity index (χ3n) is 3.21. The van der Waals surface area contributed by atoms with E-state index in [1.165, 1.54) is 0 Å². The summed E-state index contributed by atoms with van der Waals surface area (Å²) in [5.74, 6) is 1.64. The van der Waals surface area contributed by atoms with Gasteiger partial charge in [-0.2, -0.15) is 0 Å². The number of anilines is 1. The van der Waals surface area contributed by atoms with Gasteiger partial charge in [-0.25, -0.2) is 9.99 Å². The van der Waals surface area contributed by atoms with E-state index in [9.17, 15) is 0 Å². The van der Waals surface area contributed by atoms with Crippen molar-refractivity contribution in [1.82, 2.24) is 15.6 Å². The van der Waals surface area contributed by atoms with Crippen LogP contribution in [0, 0.1) is 5.92 Å². The van der Waals surface area contributed by atoms with E-state index in [2.05, 4.69) is 29.4 Å². The van der Waals surface area contributed by atoms with E-state index >= 15 is 0 Å². The van der Waals surface area contributed by atoms with Gasteiger partial charge in [-0.05, 0) is 24.5 Å². The Morgan fingerprint density at radius 3 is 3.11 bits per heavy atom. The van der Waals surface area contributed by atoms with Crippen LogP contribution in [0.15, 0.2) is 36.5 Å². The van der Waals surface area contributed by atoms with Crippen LogP contribution < -0.4 is 10.6 Å². The van der Waals surface area contributed by atoms with Gasteiger partial charge in [0.15, 0.2) is 0 Å². The lowest BCUT2D eigenvalue weighted by Gasteiger charge is -2.14. The molecule has 0 saturated heterocycles. The van der Waals surface area contributed by atoms with E-state index in [1.807, 2.05) is 29.5 Å². The third-order valence-corrected chi connectivity index (χ3v) is 3.21. The second-order valence-electron chi connectivity index (χ2n) is 5.16. The Labute approximate surface area is 112 Å². The Morgan fingerprint density at radius 2 is 2.26 bits per heavy atom. The van der Waals surface area contributed by atoms with Crippen molar-refractivity contribution in [2.75, 3.05) is 5.01 Å². The molecule has 0 aromatic carbocycles. The van der Waals surface area contributed by atoms with Gasteiger partial charge in [-0.1, -0.05) is 19.4 Å². The van der Waals surface area contributed by atoms with Crippen molar-refractivity contribution in [1.29, 1.82) is 0 Å². The number of rotatable bonds is 4. The predicted octanol–water partition coefficient (Wildman–Crippen LogP) is 3.10. The van der Waals surface area contributed by atoms with Gasteiger partial charge in [0.05, 0.1) is 11.9 Å². The molecule has 0 radical (unpaired) electrons. The fraction of sp³-hybridized carbons (Fsp3) is 0.357. The number of nitrogens with one attached hydrogen (secondary N) is 2. The van der Waals surface area contributed by atoms with Crippen LogP contribution >= 0.6 is 0 Å². The van der Waals surface area contributed by atoms with Crippen LogP contribution in [0.4, 0.5) is 5.69 Å². The highest BCUT2D eigenvalue weighted by Gasteiger charge is 2.17. The molecule has 2 N–H and O–H groups in total. The van der Waals surface area contributed by atoms with E-state index < -0.39 is 0 Å². The molecule has 0 atom stereocenters. The summed E-state index contributed by atoms with van der Waals surface area (Å²) in [6.07, 6.45) is 7.75. The molecule has 1 aliphatic rings. The molecule has 0 spiro atoms. The number of hydrogen-bond acceptors (Lipinski definition) is 4. The number of H-pyrrole nitrogens is 1. The quantitative estimate of drug-likeness (QED) is 0.884. The Hall–Kier alpha value is -2.01. The Bertz CT molecular complexity index is 602. The van der Waals surface area contributed by atoms with Crippen LogP contribution in [0.1, 0.15) is 26.7 Å². The molecule has 19 heavy (non-hydrogen) atoms. The number of aromatic nitrogens is 2. The molecular formula is C14H18N4O. The summed E-state index contributed by atoms with van der Waals surface area (Å²) in [6, 6.07) is 3.98. The lowest BCUT2D eigenvalue weighted by Crippen LogP contribution is -2.27. The van der Waals surface area contributed by atoms with Gasteiger partial charge >= 0.3 is 0 Å². The fourth-order valence-electron chi connectivity index (χ4n) is 2.13. The normalized spacial score (nSPS) is 15.1. The lowest BCUT2D eigenvalue weighted by atomic mass is 10.1. The fourth-order valence-corrected chi connectivity index (χ4v) is 2.13. The summed E-state index contributed by atoms with van der Waals surface area (Å²) in [7, 11) is 0. The van der Waals surface area contributed by atoms with E-state index in [0.717, 1.165) is 35.3 Å². The maximum atomic E-state index is 5.50. The molecule has 0 aliphatic carbocycles. The first-order valence-electron chi connectivity index (χ1n) is 6.58. The minimum absolute atomic E-state index is 0.677. The number of pyridine rings is 1. The Kier molecular flexibility index (Phi) is 3.13. The van der Waals surface area contributed by atoms with Gasteiger partial charge < -0.3 is 9.82 Å². The SMILES string of the molecule is CC(C)CCC1=CN(c2ccnc3[nH]ccc23)NO1. The highest BCUT2D eigenvalue weighted by molar-refractivity contribution is 5.89. The molecule has 5 heteroatoms. The lowest BCUT2D eigenvalue weighted by molar-refractivity contribution is 0.122. The molecule has 3 rings (SSSR count). The first-order chi connectivity index (χ1) is 9.24. The summed E-state index contributed by atoms with van der Waals surface area (Å²) < 4.78 is 0. The van der Waals surface area contributed by atoms with Crippen LogP contribution in [-0.4, -0.2) is 9.97 Å². The van der Waals surface area contributed by atoms with Crippen LogP contribution in [-0.2, 0) is 4.84 Å². The molecular weight excluding hydrogens is 240 g/mol. The molecule has 0 bridgehead atoms. The van der Waals surface area contributed by atoms with Gasteiger partial charge in [0.25, 0.3) is 0 Å². The number of hydrazine groups is 1. The maximum Gasteiger partial charge on any atom is 0.144 e. The smallest absolute Gasteiger partial charge is 0.144 e. The Balaban J connectivity index is 1.82. The molecule has 1 aliphatic heterocycles. The minimum atomic E-state index is 0.677. The van der Waals surface area contributed by atoms with Crippen molar-refractivity contribution in [2.45, 2.75) is 26.7 Å². The van der Waals surface area contributed by atoms with E-state index in [4.69, 9.17) is 4.84 Å². The summed E-state index contributed by atoms with van der Waals surface area (Å²) in [4.78, 5) is 12.9. The average Bonchev–Trinajstić information content (AvgIpc) is 3.04. The van der Waals surface area contributed by atoms with Crippen molar-refractivity contribution in [2.24, 2.45) is 5.92 Å². The molecule has 2 aromatic rings. The summed E-state index contributed by atoms with van der Waals surface area (Å²) in [5, 5.41) is 2.97. The second kappa shape index (κ2) is 4.93. The number of nitrogens with zero attached hydrogens (tertiary/aromatic N) is 2. The van der Waals surface area contributed by atoms with Gasteiger partial charge in [0.1, 0.15) is 11.4 Å². The van der Waals surface area contributed by atoms with Gasteiger partial charge in [-0.3, -0.25) is 0 Å². The first-order valence-corrected chi connectivity index (χ1v) is 6.58. The number of aromatic amines is 1. The monoisotopic (exact) mass is 258 g/mol. The van der Waals surface area contributed by atoms with E-state index in [1.54, 1.807) is 6.20 Å². The molecule has 3 heterocycles. The largest absolute Gasteiger partial charge is 0.392 e. The van der Waals surface area contributed by atoms with Crippen LogP contribution in [0.5, 0.6) is 0 Å². The van der Waals surface area contributed by atoms with E-state index in [0.29, 0.717) is 5.92 Å². The summed E-state index contributed by atoms with van der Waals surface area (Å²) >= 11 is 0. The number of hydrogen-bond donors (Lipinski definition) is 2. The molecule has 5 nitrogen and oxygen atoms in total. The molecule has 2 aromatic heterocycles. The summed E-state index contributed by atoms with van der Waals surface area (Å²) in [6.45, 7) is 4.43. The average molecular weight is 258 g/mol. The zero-order chi connectivity index (χ0) is 13.2. The van der Waals surface area contributed by atoms with Gasteiger partial charge in [0, 0.05) is 24.2 Å². The zero-order valence-electron chi connectivity index (χ0n) is 11.2. The van der Waals surface area contributed by atoms with Crippen molar-refractivity contribution >= 4 is 16.7 Å². The van der Waals surface area contributed by atoms with Crippen LogP contribution in [0.3, 0.4) is 0 Å². The van der Waals surface area contributed by atoms with Crippen molar-refractivity contribution in [3.05, 3.63) is 36.5 Å². The summed E-state index contributed by atoms with van der Waals surface area (Å²) in [5.41, 5.74) is 4.84. The topological polar surface area (TPSA) is 53.2 Å². The molecule has 0 amide bonds. The second-order valence-corrected chi connectivity index (χ2v) is 5.16. The zero-order valence-corrected chi connectivity index (χ0v) is 11.2. The van der Waals surface area contributed by atoms with Crippen LogP contribution in [0.25, 0.3) is 11.0 Å². The third kappa shape index (κ3) is 2.42. The number of allylic oxidation sites excluding steroid dienone is 1. The van der Waals surface area contributed by atoms with Crippen LogP contribution in [0.2, 0.25) is 0 Å². The predicted molar refractivity (Wildman–Crippen MR) is 74.9 cm³/mol. The Morgan fingerprint density at radius 1 is 1.37 bits per heavy atom. The maximum absolute atomic E-state index is 5.50. The molecule has 0 unspecified atom stereocenters. The standard InChI is InChI=1S/C14H18N4O/c1-10(2)3-4-11-9-18(17-19-11)13-6-8-16-14-12(13)5-7-15-14/h5-10,17H,3-4H2,1-2H3,(H,15,16). The van der Waals surface area contributed by atoms with Gasteiger partial charge in [0.2, 0.25) is 0 Å². The van der Waals surface area contributed by atoms with E-state index in [-0.39, 0.29) is 0 Å². The van der Waals surface area contributed by atoms with Gasteiger partial charge in [-0.15, -0.1) is 0 Å². The minimum Gasteiger partial charge on any atom is -0.392 e. The highest BCUT2D eigenvalue weighted by Crippen LogP contribution is 2.27. The highest BCUT2D eigenvalue weighted by atomic mass is 16.7. The van der Waals surface area contributed by atoms with Crippen molar-refractivity contribution < 1.29 is 4.84 Å². The van der Waals surface area contributed by atoms with Crippen molar-refractivity contribution in [3.63, 3.8) is 0 Å².